The molecule has 0 radical (unpaired) electrons. The lowest BCUT2D eigenvalue weighted by Crippen LogP contribution is -2.38. The molecule has 1 N–H and O–H groups in total. The van der Waals surface area contributed by atoms with Crippen LogP contribution in [-0.2, 0) is 4.79 Å². The number of likely N-dealkylation sites (tertiary alicyclic amines) is 1. The van der Waals surface area contributed by atoms with Gasteiger partial charge in [0.2, 0.25) is 5.91 Å². The summed E-state index contributed by atoms with van der Waals surface area (Å²) in [6.07, 6.45) is 2.20. The van der Waals surface area contributed by atoms with Crippen LogP contribution in [0.1, 0.15) is 30.1 Å². The highest BCUT2D eigenvalue weighted by molar-refractivity contribution is 5.91. The zero-order valence-electron chi connectivity index (χ0n) is 12.8. The lowest BCUT2D eigenvalue weighted by Gasteiger charge is -2.31. The van der Waals surface area contributed by atoms with Crippen LogP contribution < -0.4 is 5.32 Å². The fourth-order valence-corrected chi connectivity index (χ4v) is 2.96. The topological polar surface area (TPSA) is 58.4 Å². The van der Waals surface area contributed by atoms with E-state index in [0.717, 1.165) is 25.9 Å². The Kier molecular flexibility index (Phi) is 4.53. The first-order chi connectivity index (χ1) is 10.7. The van der Waals surface area contributed by atoms with Crippen LogP contribution in [0, 0.1) is 6.92 Å². The number of amides is 1. The highest BCUT2D eigenvalue weighted by Crippen LogP contribution is 2.27. The Hall–Kier alpha value is -2.14. The summed E-state index contributed by atoms with van der Waals surface area (Å²) in [6.45, 7) is 4.11. The minimum atomic E-state index is -0.0357. The van der Waals surface area contributed by atoms with Crippen LogP contribution in [0.3, 0.4) is 0 Å². The van der Waals surface area contributed by atoms with Gasteiger partial charge in [-0.05, 0) is 44.3 Å². The average Bonchev–Trinajstić information content (AvgIpc) is 2.94. The molecule has 0 aliphatic carbocycles. The van der Waals surface area contributed by atoms with Crippen molar-refractivity contribution in [2.24, 2.45) is 0 Å². The zero-order chi connectivity index (χ0) is 15.4. The van der Waals surface area contributed by atoms with Crippen molar-refractivity contribution in [1.82, 2.24) is 10.1 Å². The van der Waals surface area contributed by atoms with Crippen molar-refractivity contribution in [2.75, 3.05) is 25.0 Å². The quantitative estimate of drug-likeness (QED) is 0.943. The van der Waals surface area contributed by atoms with Gasteiger partial charge in [-0.2, -0.15) is 0 Å². The van der Waals surface area contributed by atoms with Crippen LogP contribution in [0.15, 0.2) is 40.9 Å². The lowest BCUT2D eigenvalue weighted by molar-refractivity contribution is -0.117. The third-order valence-corrected chi connectivity index (χ3v) is 4.12. The summed E-state index contributed by atoms with van der Waals surface area (Å²) >= 11 is 0. The molecule has 5 heteroatoms. The van der Waals surface area contributed by atoms with Gasteiger partial charge in [0, 0.05) is 6.07 Å². The number of piperidine rings is 1. The SMILES string of the molecule is Cc1cc(NC(=O)CN2CCC(c3ccccc3)CC2)no1. The largest absolute Gasteiger partial charge is 0.360 e. The molecule has 0 spiro atoms. The van der Waals surface area contributed by atoms with Crippen molar-refractivity contribution in [3.8, 4) is 0 Å². The smallest absolute Gasteiger partial charge is 0.239 e. The maximum atomic E-state index is 12.0. The number of rotatable bonds is 4. The molecular formula is C17H21N3O2. The van der Waals surface area contributed by atoms with Gasteiger partial charge >= 0.3 is 0 Å². The summed E-state index contributed by atoms with van der Waals surface area (Å²) in [5.74, 6) is 1.76. The fourth-order valence-electron chi connectivity index (χ4n) is 2.96. The fraction of sp³-hybridized carbons (Fsp3) is 0.412. The molecular weight excluding hydrogens is 278 g/mol. The Labute approximate surface area is 130 Å². The van der Waals surface area contributed by atoms with E-state index >= 15 is 0 Å². The Morgan fingerprint density at radius 3 is 2.68 bits per heavy atom. The number of anilines is 1. The molecule has 2 heterocycles. The number of hydrogen-bond donors (Lipinski definition) is 1. The van der Waals surface area contributed by atoms with E-state index in [2.05, 4.69) is 45.7 Å². The highest BCUT2D eigenvalue weighted by atomic mass is 16.5. The maximum Gasteiger partial charge on any atom is 0.239 e. The molecule has 0 unspecified atom stereocenters. The second-order valence-corrected chi connectivity index (χ2v) is 5.83. The molecule has 1 fully saturated rings. The molecule has 5 nitrogen and oxygen atoms in total. The summed E-state index contributed by atoms with van der Waals surface area (Å²) in [5, 5.41) is 6.54. The van der Waals surface area contributed by atoms with Gasteiger partial charge in [0.15, 0.2) is 5.82 Å². The number of hydrogen-bond acceptors (Lipinski definition) is 4. The highest BCUT2D eigenvalue weighted by Gasteiger charge is 2.22. The molecule has 0 atom stereocenters. The summed E-state index contributed by atoms with van der Waals surface area (Å²) in [6, 6.07) is 12.3. The molecule has 22 heavy (non-hydrogen) atoms. The number of benzene rings is 1. The van der Waals surface area contributed by atoms with E-state index in [-0.39, 0.29) is 5.91 Å². The number of nitrogens with one attached hydrogen (secondary N) is 1. The van der Waals surface area contributed by atoms with E-state index in [9.17, 15) is 4.79 Å². The lowest BCUT2D eigenvalue weighted by atomic mass is 9.89. The molecule has 1 aliphatic heterocycles. The van der Waals surface area contributed by atoms with Gasteiger partial charge in [-0.1, -0.05) is 35.5 Å². The number of carbonyl (C=O) groups excluding carboxylic acids is 1. The molecule has 2 aromatic rings. The van der Waals surface area contributed by atoms with Crippen LogP contribution in [0.4, 0.5) is 5.82 Å². The van der Waals surface area contributed by atoms with Gasteiger partial charge in [0.05, 0.1) is 6.54 Å². The first-order valence-corrected chi connectivity index (χ1v) is 7.71. The van der Waals surface area contributed by atoms with E-state index in [4.69, 9.17) is 4.52 Å². The van der Waals surface area contributed by atoms with Crippen LogP contribution in [0.25, 0.3) is 0 Å². The van der Waals surface area contributed by atoms with E-state index in [1.165, 1.54) is 5.56 Å². The standard InChI is InChI=1S/C17H21N3O2/c1-13-11-16(19-22-13)18-17(21)12-20-9-7-15(8-10-20)14-5-3-2-4-6-14/h2-6,11,15H,7-10,12H2,1H3,(H,18,19,21). The summed E-state index contributed by atoms with van der Waals surface area (Å²) in [5.41, 5.74) is 1.41. The number of nitrogens with zero attached hydrogens (tertiary/aromatic N) is 2. The molecule has 1 aromatic heterocycles. The first-order valence-electron chi connectivity index (χ1n) is 7.71. The van der Waals surface area contributed by atoms with Crippen LogP contribution in [0.2, 0.25) is 0 Å². The van der Waals surface area contributed by atoms with Crippen molar-refractivity contribution in [3.63, 3.8) is 0 Å². The van der Waals surface area contributed by atoms with Crippen molar-refractivity contribution in [2.45, 2.75) is 25.7 Å². The van der Waals surface area contributed by atoms with Crippen LogP contribution in [-0.4, -0.2) is 35.6 Å². The number of aromatic nitrogens is 1. The summed E-state index contributed by atoms with van der Waals surface area (Å²) < 4.78 is 4.94. The van der Waals surface area contributed by atoms with Crippen molar-refractivity contribution < 1.29 is 9.32 Å². The molecule has 1 aliphatic rings. The van der Waals surface area contributed by atoms with Gasteiger partial charge in [-0.25, -0.2) is 0 Å². The molecule has 1 aromatic carbocycles. The van der Waals surface area contributed by atoms with Crippen LogP contribution in [0.5, 0.6) is 0 Å². The third-order valence-electron chi connectivity index (χ3n) is 4.12. The molecule has 1 amide bonds. The van der Waals surface area contributed by atoms with Crippen molar-refractivity contribution >= 4 is 11.7 Å². The van der Waals surface area contributed by atoms with Gasteiger partial charge in [0.25, 0.3) is 0 Å². The predicted octanol–water partition coefficient (Wildman–Crippen LogP) is 2.80. The molecule has 0 bridgehead atoms. The zero-order valence-corrected chi connectivity index (χ0v) is 12.8. The van der Waals surface area contributed by atoms with Gasteiger partial charge < -0.3 is 9.84 Å². The maximum absolute atomic E-state index is 12.0. The monoisotopic (exact) mass is 299 g/mol. The minimum absolute atomic E-state index is 0.0357. The minimum Gasteiger partial charge on any atom is -0.360 e. The third kappa shape index (κ3) is 3.74. The Bertz CT molecular complexity index is 616. The van der Waals surface area contributed by atoms with Crippen LogP contribution >= 0.6 is 0 Å². The summed E-state index contributed by atoms with van der Waals surface area (Å²) in [4.78, 5) is 14.2. The van der Waals surface area contributed by atoms with Gasteiger partial charge in [-0.15, -0.1) is 0 Å². The van der Waals surface area contributed by atoms with E-state index < -0.39 is 0 Å². The van der Waals surface area contributed by atoms with Crippen molar-refractivity contribution in [3.05, 3.63) is 47.7 Å². The second kappa shape index (κ2) is 6.75. The molecule has 1 saturated heterocycles. The molecule has 0 saturated carbocycles. The average molecular weight is 299 g/mol. The molecule has 116 valence electrons. The van der Waals surface area contributed by atoms with Gasteiger partial charge in [0.1, 0.15) is 5.76 Å². The van der Waals surface area contributed by atoms with E-state index in [1.54, 1.807) is 13.0 Å². The van der Waals surface area contributed by atoms with E-state index in [0.29, 0.717) is 24.0 Å². The first kappa shape index (κ1) is 14.8. The van der Waals surface area contributed by atoms with Gasteiger partial charge in [-0.3, -0.25) is 9.69 Å². The van der Waals surface area contributed by atoms with E-state index in [1.807, 2.05) is 0 Å². The normalized spacial score (nSPS) is 16.6. The second-order valence-electron chi connectivity index (χ2n) is 5.83. The molecule has 3 rings (SSSR count). The number of aryl methyl sites for hydroxylation is 1. The number of carbonyl (C=O) groups is 1. The Balaban J connectivity index is 1.46. The predicted molar refractivity (Wildman–Crippen MR) is 84.7 cm³/mol. The Morgan fingerprint density at radius 1 is 1.32 bits per heavy atom. The van der Waals surface area contributed by atoms with Crippen molar-refractivity contribution in [1.29, 1.82) is 0 Å². The Morgan fingerprint density at radius 2 is 2.05 bits per heavy atom. The summed E-state index contributed by atoms with van der Waals surface area (Å²) in [7, 11) is 0.